The molecule has 1 N–H and O–H groups in total. The lowest BCUT2D eigenvalue weighted by Crippen LogP contribution is -2.10. The molecule has 4 aromatic rings. The molecule has 0 spiro atoms. The lowest BCUT2D eigenvalue weighted by molar-refractivity contribution is 0.0995. The van der Waals surface area contributed by atoms with Crippen molar-refractivity contribution in [3.05, 3.63) is 48.2 Å². The lowest BCUT2D eigenvalue weighted by atomic mass is 10.2. The first-order valence-corrected chi connectivity index (χ1v) is 8.56. The summed E-state index contributed by atoms with van der Waals surface area (Å²) in [6.07, 6.45) is 0. The van der Waals surface area contributed by atoms with Crippen molar-refractivity contribution >= 4 is 22.9 Å². The summed E-state index contributed by atoms with van der Waals surface area (Å²) in [7, 11) is 4.61. The highest BCUT2D eigenvalue weighted by atomic mass is 16.5. The van der Waals surface area contributed by atoms with Gasteiger partial charge in [-0.2, -0.15) is 0 Å². The van der Waals surface area contributed by atoms with E-state index in [0.717, 1.165) is 5.39 Å². The van der Waals surface area contributed by atoms with Crippen LogP contribution < -0.4 is 19.5 Å². The van der Waals surface area contributed by atoms with Crippen molar-refractivity contribution in [2.75, 3.05) is 26.6 Å². The Morgan fingerprint density at radius 2 is 1.69 bits per heavy atom. The van der Waals surface area contributed by atoms with Crippen LogP contribution in [0, 0.1) is 0 Å². The third kappa shape index (κ3) is 3.45. The molecular formula is C20H17N3O6. The number of para-hydroxylation sites is 1. The second-order valence-corrected chi connectivity index (χ2v) is 5.93. The van der Waals surface area contributed by atoms with E-state index in [0.29, 0.717) is 28.4 Å². The van der Waals surface area contributed by atoms with Gasteiger partial charge in [0.2, 0.25) is 5.89 Å². The van der Waals surface area contributed by atoms with Gasteiger partial charge >= 0.3 is 6.01 Å². The van der Waals surface area contributed by atoms with Crippen LogP contribution in [0.1, 0.15) is 10.6 Å². The number of anilines is 1. The Morgan fingerprint density at radius 3 is 2.45 bits per heavy atom. The number of rotatable bonds is 6. The minimum absolute atomic E-state index is 0.0628. The fourth-order valence-corrected chi connectivity index (χ4v) is 2.83. The maximum Gasteiger partial charge on any atom is 0.322 e. The van der Waals surface area contributed by atoms with Crippen LogP contribution in [0.5, 0.6) is 17.2 Å². The number of hydrogen-bond acceptors (Lipinski definition) is 8. The molecule has 29 heavy (non-hydrogen) atoms. The molecule has 0 fully saturated rings. The molecule has 0 aliphatic rings. The Kier molecular flexibility index (Phi) is 4.78. The van der Waals surface area contributed by atoms with Crippen LogP contribution in [-0.2, 0) is 0 Å². The molecule has 2 aromatic carbocycles. The zero-order valence-electron chi connectivity index (χ0n) is 15.9. The smallest absolute Gasteiger partial charge is 0.322 e. The van der Waals surface area contributed by atoms with Gasteiger partial charge in [-0.3, -0.25) is 10.1 Å². The third-order valence-corrected chi connectivity index (χ3v) is 4.23. The summed E-state index contributed by atoms with van der Waals surface area (Å²) in [6.45, 7) is 0. The lowest BCUT2D eigenvalue weighted by Gasteiger charge is -2.07. The van der Waals surface area contributed by atoms with Crippen molar-refractivity contribution in [2.24, 2.45) is 0 Å². The van der Waals surface area contributed by atoms with E-state index in [1.54, 1.807) is 37.4 Å². The first-order valence-electron chi connectivity index (χ1n) is 8.56. The number of carbonyl (C=O) groups is 1. The molecular weight excluding hydrogens is 378 g/mol. The summed E-state index contributed by atoms with van der Waals surface area (Å²) in [6, 6.07) is 12.1. The van der Waals surface area contributed by atoms with Crippen molar-refractivity contribution in [2.45, 2.75) is 0 Å². The molecule has 0 bridgehead atoms. The second-order valence-electron chi connectivity index (χ2n) is 5.93. The Morgan fingerprint density at radius 1 is 0.897 bits per heavy atom. The molecule has 9 nitrogen and oxygen atoms in total. The topological polar surface area (TPSA) is 109 Å². The molecule has 148 valence electrons. The molecule has 2 heterocycles. The van der Waals surface area contributed by atoms with Gasteiger partial charge in [-0.05, 0) is 30.3 Å². The zero-order chi connectivity index (χ0) is 20.4. The number of hydrogen-bond donors (Lipinski definition) is 1. The zero-order valence-corrected chi connectivity index (χ0v) is 15.9. The number of nitrogens with zero attached hydrogens (tertiary/aromatic N) is 2. The number of nitrogens with one attached hydrogen (secondary N) is 1. The average Bonchev–Trinajstić information content (AvgIpc) is 3.40. The van der Waals surface area contributed by atoms with Gasteiger partial charge in [-0.1, -0.05) is 17.2 Å². The van der Waals surface area contributed by atoms with E-state index in [9.17, 15) is 4.79 Å². The molecule has 4 rings (SSSR count). The van der Waals surface area contributed by atoms with Gasteiger partial charge in [0.15, 0.2) is 28.6 Å². The van der Waals surface area contributed by atoms with Crippen LogP contribution in [0.2, 0.25) is 0 Å². The van der Waals surface area contributed by atoms with E-state index < -0.39 is 5.91 Å². The SMILES string of the molecule is COc1ccc(-c2nnc(NC(=O)c3cc4cccc(OC)c4o3)o2)cc1OC. The summed E-state index contributed by atoms with van der Waals surface area (Å²) >= 11 is 0. The van der Waals surface area contributed by atoms with Crippen molar-refractivity contribution in [3.8, 4) is 28.7 Å². The highest BCUT2D eigenvalue weighted by molar-refractivity contribution is 6.04. The minimum atomic E-state index is -0.522. The number of ether oxygens (including phenoxy) is 3. The summed E-state index contributed by atoms with van der Waals surface area (Å²) in [5, 5.41) is 11.1. The standard InChI is InChI=1S/C20H17N3O6/c1-25-13-8-7-12(10-15(13)27-3)19-22-23-20(29-19)21-18(24)16-9-11-5-4-6-14(26-2)17(11)28-16/h4-10H,1-3H3,(H,21,23,24). The highest BCUT2D eigenvalue weighted by Gasteiger charge is 2.18. The fraction of sp³-hybridized carbons (Fsp3) is 0.150. The maximum absolute atomic E-state index is 12.5. The van der Waals surface area contributed by atoms with Crippen LogP contribution in [0.15, 0.2) is 51.3 Å². The Hall–Kier alpha value is -4.01. The van der Waals surface area contributed by atoms with E-state index in [-0.39, 0.29) is 17.7 Å². The van der Waals surface area contributed by atoms with Crippen molar-refractivity contribution in [3.63, 3.8) is 0 Å². The van der Waals surface area contributed by atoms with Gasteiger partial charge in [-0.15, -0.1) is 5.10 Å². The maximum atomic E-state index is 12.5. The number of furan rings is 1. The van der Waals surface area contributed by atoms with E-state index in [1.165, 1.54) is 14.2 Å². The predicted octanol–water partition coefficient (Wildman–Crippen LogP) is 3.76. The van der Waals surface area contributed by atoms with Gasteiger partial charge in [0.1, 0.15) is 0 Å². The summed E-state index contributed by atoms with van der Waals surface area (Å²) in [5.74, 6) is 1.42. The van der Waals surface area contributed by atoms with Gasteiger partial charge in [0.05, 0.1) is 21.3 Å². The molecule has 9 heteroatoms. The van der Waals surface area contributed by atoms with E-state index in [1.807, 2.05) is 12.1 Å². The van der Waals surface area contributed by atoms with Gasteiger partial charge in [0, 0.05) is 10.9 Å². The average molecular weight is 395 g/mol. The Bertz CT molecular complexity index is 1180. The monoisotopic (exact) mass is 395 g/mol. The van der Waals surface area contributed by atoms with E-state index >= 15 is 0 Å². The van der Waals surface area contributed by atoms with Crippen molar-refractivity contribution in [1.29, 1.82) is 0 Å². The molecule has 2 aromatic heterocycles. The van der Waals surface area contributed by atoms with Crippen LogP contribution in [0.3, 0.4) is 0 Å². The third-order valence-electron chi connectivity index (χ3n) is 4.23. The summed E-state index contributed by atoms with van der Waals surface area (Å²) in [5.41, 5.74) is 1.10. The number of aromatic nitrogens is 2. The Balaban J connectivity index is 1.56. The predicted molar refractivity (Wildman–Crippen MR) is 104 cm³/mol. The first-order chi connectivity index (χ1) is 14.1. The second kappa shape index (κ2) is 7.55. The summed E-state index contributed by atoms with van der Waals surface area (Å²) in [4.78, 5) is 12.5. The van der Waals surface area contributed by atoms with Crippen LogP contribution in [0.25, 0.3) is 22.4 Å². The minimum Gasteiger partial charge on any atom is -0.493 e. The molecule has 0 aliphatic heterocycles. The van der Waals surface area contributed by atoms with Crippen molar-refractivity contribution in [1.82, 2.24) is 10.2 Å². The molecule has 1 amide bonds. The number of amides is 1. The Labute approximate surface area is 165 Å². The number of carbonyl (C=O) groups excluding carboxylic acids is 1. The van der Waals surface area contributed by atoms with Gasteiger partial charge in [-0.25, -0.2) is 0 Å². The molecule has 0 saturated heterocycles. The number of benzene rings is 2. The molecule has 0 aliphatic carbocycles. The van der Waals surface area contributed by atoms with Crippen molar-refractivity contribution < 1.29 is 27.8 Å². The van der Waals surface area contributed by atoms with E-state index in [4.69, 9.17) is 23.0 Å². The molecule has 0 unspecified atom stereocenters. The number of fused-ring (bicyclic) bond motifs is 1. The fourth-order valence-electron chi connectivity index (χ4n) is 2.83. The number of methoxy groups -OCH3 is 3. The summed E-state index contributed by atoms with van der Waals surface area (Å²) < 4.78 is 26.9. The molecule has 0 radical (unpaired) electrons. The largest absolute Gasteiger partial charge is 0.493 e. The first kappa shape index (κ1) is 18.4. The van der Waals surface area contributed by atoms with E-state index in [2.05, 4.69) is 15.5 Å². The molecule has 0 atom stereocenters. The van der Waals surface area contributed by atoms with Gasteiger partial charge < -0.3 is 23.0 Å². The van der Waals surface area contributed by atoms with Crippen LogP contribution in [0.4, 0.5) is 6.01 Å². The molecule has 0 saturated carbocycles. The van der Waals surface area contributed by atoms with Gasteiger partial charge in [0.25, 0.3) is 5.91 Å². The quantitative estimate of drug-likeness (QED) is 0.526. The highest BCUT2D eigenvalue weighted by Crippen LogP contribution is 2.32. The van der Waals surface area contributed by atoms with Crippen LogP contribution in [-0.4, -0.2) is 37.4 Å². The normalized spacial score (nSPS) is 10.7. The van der Waals surface area contributed by atoms with Crippen LogP contribution >= 0.6 is 0 Å².